The van der Waals surface area contributed by atoms with Crippen LogP contribution in [0.1, 0.15) is 67.9 Å². The number of aromatic hydroxyl groups is 1. The summed E-state index contributed by atoms with van der Waals surface area (Å²) in [5, 5.41) is 20.4. The molecule has 3 aliphatic rings. The van der Waals surface area contributed by atoms with E-state index in [1.54, 1.807) is 13.0 Å². The van der Waals surface area contributed by atoms with Gasteiger partial charge in [0.05, 0.1) is 24.2 Å². The normalized spacial score (nSPS) is 23.9. The van der Waals surface area contributed by atoms with Gasteiger partial charge in [0.2, 0.25) is 0 Å². The van der Waals surface area contributed by atoms with Crippen LogP contribution in [0.4, 0.5) is 19.4 Å². The predicted octanol–water partition coefficient (Wildman–Crippen LogP) is 6.38. The third-order valence-corrected chi connectivity index (χ3v) is 8.98. The second-order valence-corrected chi connectivity index (χ2v) is 11.5. The first-order valence-corrected chi connectivity index (χ1v) is 14.4. The smallest absolute Gasteiger partial charge is 0.411 e. The van der Waals surface area contributed by atoms with Crippen molar-refractivity contribution in [2.24, 2.45) is 5.92 Å². The van der Waals surface area contributed by atoms with E-state index in [4.69, 9.17) is 9.72 Å². The van der Waals surface area contributed by atoms with Gasteiger partial charge in [-0.1, -0.05) is 12.1 Å². The number of ether oxygens (including phenoxy) is 1. The first kappa shape index (κ1) is 27.9. The number of hydrogen-bond donors (Lipinski definition) is 2. The predicted molar refractivity (Wildman–Crippen MR) is 151 cm³/mol. The van der Waals surface area contributed by atoms with Gasteiger partial charge in [-0.25, -0.2) is 18.6 Å². The Morgan fingerprint density at radius 1 is 0.976 bits per heavy atom. The lowest BCUT2D eigenvalue weighted by Crippen LogP contribution is -2.38. The maximum absolute atomic E-state index is 14.0. The second kappa shape index (κ2) is 11.2. The van der Waals surface area contributed by atoms with E-state index in [2.05, 4.69) is 4.90 Å². The van der Waals surface area contributed by atoms with E-state index in [1.165, 1.54) is 11.0 Å². The quantitative estimate of drug-likeness (QED) is 0.336. The molecule has 3 aromatic rings. The van der Waals surface area contributed by atoms with E-state index in [0.717, 1.165) is 55.9 Å². The molecule has 0 spiro atoms. The molecular formula is C32H33F2N3O5. The van der Waals surface area contributed by atoms with E-state index >= 15 is 0 Å². The summed E-state index contributed by atoms with van der Waals surface area (Å²) in [6.45, 7) is 3.64. The molecule has 6 rings (SSSR count). The molecule has 0 bridgehead atoms. The van der Waals surface area contributed by atoms with Crippen molar-refractivity contribution in [1.82, 2.24) is 9.88 Å². The minimum Gasteiger partial charge on any atom is -0.507 e. The number of cyclic esters (lactones) is 1. The van der Waals surface area contributed by atoms with Crippen LogP contribution < -0.4 is 4.90 Å². The number of pyridine rings is 1. The molecule has 1 saturated carbocycles. The van der Waals surface area contributed by atoms with Crippen molar-refractivity contribution >= 4 is 17.9 Å². The summed E-state index contributed by atoms with van der Waals surface area (Å²) in [7, 11) is 0. The number of aromatic nitrogens is 1. The van der Waals surface area contributed by atoms with Gasteiger partial charge in [-0.15, -0.1) is 0 Å². The van der Waals surface area contributed by atoms with Crippen LogP contribution in [-0.4, -0.2) is 51.3 Å². The number of halogens is 2. The fourth-order valence-electron chi connectivity index (χ4n) is 6.28. The molecule has 3 heterocycles. The summed E-state index contributed by atoms with van der Waals surface area (Å²) in [5.41, 5.74) is 3.23. The standard InChI is InChI=1S/C32H33F2N3O5/c1-18-30(22-7-10-25(33)26(34)16-22)42-32(41)37(18)17-27-23(9-12-29(35-27)36-13-2-14-36)24-15-21(8-11-28(24)38)19-3-5-20(6-4-19)31(39)40/h7-12,15-16,18-20,30,38H,2-6,13-14,17H2,1H3,(H,39,40)/t18-,19?,20?,30-/m0/s1. The minimum absolute atomic E-state index is 0.0782. The van der Waals surface area contributed by atoms with Gasteiger partial charge in [0.1, 0.15) is 17.7 Å². The Bertz CT molecular complexity index is 1520. The maximum atomic E-state index is 14.0. The molecule has 0 radical (unpaired) electrons. The minimum atomic E-state index is -1.01. The molecule has 8 nitrogen and oxygen atoms in total. The van der Waals surface area contributed by atoms with Gasteiger partial charge >= 0.3 is 12.1 Å². The summed E-state index contributed by atoms with van der Waals surface area (Å²) in [6.07, 6.45) is 2.42. The monoisotopic (exact) mass is 577 g/mol. The number of rotatable bonds is 7. The lowest BCUT2D eigenvalue weighted by molar-refractivity contribution is -0.142. The highest BCUT2D eigenvalue weighted by Gasteiger charge is 2.40. The van der Waals surface area contributed by atoms with Crippen molar-refractivity contribution in [3.05, 3.63) is 77.0 Å². The van der Waals surface area contributed by atoms with E-state index in [1.807, 2.05) is 24.3 Å². The van der Waals surface area contributed by atoms with Crippen molar-refractivity contribution in [3.8, 4) is 16.9 Å². The van der Waals surface area contributed by atoms with Gasteiger partial charge in [0, 0.05) is 24.2 Å². The van der Waals surface area contributed by atoms with Crippen molar-refractivity contribution in [1.29, 1.82) is 0 Å². The summed E-state index contributed by atoms with van der Waals surface area (Å²) in [6, 6.07) is 12.3. The van der Waals surface area contributed by atoms with Crippen LogP contribution in [-0.2, 0) is 16.1 Å². The number of hydrogen-bond acceptors (Lipinski definition) is 6. The Morgan fingerprint density at radius 2 is 1.71 bits per heavy atom. The summed E-state index contributed by atoms with van der Waals surface area (Å²) in [4.78, 5) is 33.1. The summed E-state index contributed by atoms with van der Waals surface area (Å²) >= 11 is 0. The zero-order valence-corrected chi connectivity index (χ0v) is 23.3. The van der Waals surface area contributed by atoms with Crippen molar-refractivity contribution in [2.45, 2.75) is 63.6 Å². The van der Waals surface area contributed by atoms with Gasteiger partial charge < -0.3 is 19.8 Å². The van der Waals surface area contributed by atoms with E-state index < -0.39 is 35.8 Å². The lowest BCUT2D eigenvalue weighted by atomic mass is 9.78. The Hall–Kier alpha value is -4.21. The fraction of sp³-hybridized carbons (Fsp3) is 0.406. The summed E-state index contributed by atoms with van der Waals surface area (Å²) < 4.78 is 33.1. The fourth-order valence-corrected chi connectivity index (χ4v) is 6.28. The molecule has 1 aromatic heterocycles. The molecule has 2 atom stereocenters. The van der Waals surface area contributed by atoms with Crippen molar-refractivity contribution in [3.63, 3.8) is 0 Å². The van der Waals surface area contributed by atoms with E-state index in [-0.39, 0.29) is 24.1 Å². The zero-order chi connectivity index (χ0) is 29.5. The second-order valence-electron chi connectivity index (χ2n) is 11.5. The Morgan fingerprint density at radius 3 is 2.38 bits per heavy atom. The Kier molecular flexibility index (Phi) is 7.47. The van der Waals surface area contributed by atoms with E-state index in [9.17, 15) is 28.6 Å². The number of carboxylic acids is 1. The van der Waals surface area contributed by atoms with Gasteiger partial charge in [0.15, 0.2) is 11.6 Å². The highest BCUT2D eigenvalue weighted by atomic mass is 19.2. The Balaban J connectivity index is 1.32. The largest absolute Gasteiger partial charge is 0.507 e. The molecule has 2 aromatic carbocycles. The number of carbonyl (C=O) groups excluding carboxylic acids is 1. The lowest BCUT2D eigenvalue weighted by Gasteiger charge is -2.33. The average molecular weight is 578 g/mol. The number of phenolic OH excluding ortho intramolecular Hbond substituents is 1. The molecule has 2 N–H and O–H groups in total. The summed E-state index contributed by atoms with van der Waals surface area (Å²) in [5.74, 6) is -2.01. The molecule has 42 heavy (non-hydrogen) atoms. The highest BCUT2D eigenvalue weighted by Crippen LogP contribution is 2.41. The molecule has 2 saturated heterocycles. The number of anilines is 1. The molecule has 0 unspecified atom stereocenters. The van der Waals surface area contributed by atoms with Crippen molar-refractivity contribution in [2.75, 3.05) is 18.0 Å². The van der Waals surface area contributed by atoms with Crippen LogP contribution in [0.25, 0.3) is 11.1 Å². The molecule has 1 aliphatic carbocycles. The van der Waals surface area contributed by atoms with Crippen LogP contribution in [0.2, 0.25) is 0 Å². The zero-order valence-electron chi connectivity index (χ0n) is 23.3. The first-order chi connectivity index (χ1) is 20.2. The topological polar surface area (TPSA) is 103 Å². The number of phenols is 1. The molecule has 10 heteroatoms. The van der Waals surface area contributed by atoms with Crippen LogP contribution in [0.3, 0.4) is 0 Å². The third kappa shape index (κ3) is 5.26. The molecular weight excluding hydrogens is 544 g/mol. The third-order valence-electron chi connectivity index (χ3n) is 8.98. The number of benzene rings is 2. The van der Waals surface area contributed by atoms with Gasteiger partial charge in [-0.2, -0.15) is 0 Å². The van der Waals surface area contributed by atoms with Gasteiger partial charge in [0.25, 0.3) is 0 Å². The van der Waals surface area contributed by atoms with Crippen LogP contribution in [0.5, 0.6) is 5.75 Å². The highest BCUT2D eigenvalue weighted by molar-refractivity contribution is 5.76. The number of nitrogens with zero attached hydrogens (tertiary/aromatic N) is 3. The number of carbonyl (C=O) groups is 2. The average Bonchev–Trinajstić information content (AvgIpc) is 3.23. The number of carboxylic acid groups (broad SMARTS) is 1. The molecule has 220 valence electrons. The number of amides is 1. The van der Waals surface area contributed by atoms with Crippen LogP contribution in [0.15, 0.2) is 48.5 Å². The maximum Gasteiger partial charge on any atom is 0.411 e. The number of aliphatic carboxylic acids is 1. The van der Waals surface area contributed by atoms with Gasteiger partial charge in [-0.3, -0.25) is 9.69 Å². The molecule has 1 amide bonds. The SMILES string of the molecule is C[C@H]1[C@@H](c2ccc(F)c(F)c2)OC(=O)N1Cc1nc(N2CCC2)ccc1-c1cc(C2CCC(C(=O)O)CC2)ccc1O. The van der Waals surface area contributed by atoms with E-state index in [0.29, 0.717) is 35.2 Å². The molecule has 2 aliphatic heterocycles. The van der Waals surface area contributed by atoms with Crippen LogP contribution >= 0.6 is 0 Å². The molecule has 3 fully saturated rings. The first-order valence-electron chi connectivity index (χ1n) is 14.4. The Labute approximate surface area is 242 Å². The van der Waals surface area contributed by atoms with Gasteiger partial charge in [-0.05, 0) is 92.5 Å². The van der Waals surface area contributed by atoms with Crippen molar-refractivity contribution < 1.29 is 33.3 Å². The van der Waals surface area contributed by atoms with Crippen LogP contribution in [0, 0.1) is 17.6 Å².